The highest BCUT2D eigenvalue weighted by Crippen LogP contribution is 2.31. The van der Waals surface area contributed by atoms with Gasteiger partial charge in [-0.3, -0.25) is 37.0 Å². The molecule has 1 aliphatic heterocycles. The second kappa shape index (κ2) is 13.3. The molecule has 1 aliphatic rings. The van der Waals surface area contributed by atoms with Crippen LogP contribution in [0.15, 0.2) is 66.7 Å². The minimum Gasteiger partial charge on any atom is -0.457 e. The molecule has 0 bridgehead atoms. The van der Waals surface area contributed by atoms with Gasteiger partial charge in [0, 0.05) is 48.9 Å². The number of amidine groups is 2. The molecular formula is C28H30N6O7. The summed E-state index contributed by atoms with van der Waals surface area (Å²) in [7, 11) is 0. The molecule has 0 unspecified atom stereocenters. The van der Waals surface area contributed by atoms with E-state index in [1.807, 2.05) is 0 Å². The number of amides is 2. The second-order valence-corrected chi connectivity index (χ2v) is 8.90. The Hall–Kier alpha value is -5.14. The van der Waals surface area contributed by atoms with Gasteiger partial charge < -0.3 is 24.0 Å². The molecule has 0 radical (unpaired) electrons. The molecule has 4 rings (SSSR count). The Labute approximate surface area is 235 Å². The first-order chi connectivity index (χ1) is 19.8. The molecule has 1 heterocycles. The van der Waals surface area contributed by atoms with Gasteiger partial charge in [-0.2, -0.15) is 0 Å². The van der Waals surface area contributed by atoms with Crippen molar-refractivity contribution in [2.75, 3.05) is 32.8 Å². The van der Waals surface area contributed by atoms with Gasteiger partial charge in [0.2, 0.25) is 0 Å². The lowest BCUT2D eigenvalue weighted by Crippen LogP contribution is -2.50. The van der Waals surface area contributed by atoms with E-state index in [0.717, 1.165) is 0 Å². The van der Waals surface area contributed by atoms with Crippen molar-refractivity contribution in [3.05, 3.63) is 83.4 Å². The standard InChI is InChI=1S/C28H30N6O7/c1-2-39-28(36)34-13-11-33(12-14-34)27(35)20-15-23(40-21-7-3-18(4-8-21)25(29)31-37)17-24(16-20)41-22-9-5-19(6-10-22)26(30)32-38/h3-10,15-17,37-38H,2,11-14H2,1H3,(H2,29,31)(H2,30,32). The van der Waals surface area contributed by atoms with E-state index in [2.05, 4.69) is 0 Å². The lowest BCUT2D eigenvalue weighted by Gasteiger charge is -2.34. The third kappa shape index (κ3) is 7.29. The Balaban J connectivity index is 1.57. The van der Waals surface area contributed by atoms with Crippen molar-refractivity contribution < 1.29 is 34.2 Å². The van der Waals surface area contributed by atoms with Crippen LogP contribution in [-0.4, -0.2) is 76.7 Å². The van der Waals surface area contributed by atoms with Gasteiger partial charge in [0.25, 0.3) is 5.91 Å². The molecule has 0 aliphatic carbocycles. The molecule has 41 heavy (non-hydrogen) atoms. The summed E-state index contributed by atoms with van der Waals surface area (Å²) < 4.78 is 17.1. The first kappa shape index (κ1) is 28.9. The van der Waals surface area contributed by atoms with Crippen LogP contribution in [-0.2, 0) is 4.74 Å². The van der Waals surface area contributed by atoms with Crippen LogP contribution in [0.4, 0.5) is 4.79 Å². The second-order valence-electron chi connectivity index (χ2n) is 8.90. The minimum absolute atomic E-state index is 0.168. The summed E-state index contributed by atoms with van der Waals surface area (Å²) in [5.74, 6) is 0.899. The van der Waals surface area contributed by atoms with Gasteiger partial charge in [-0.05, 0) is 67.6 Å². The summed E-state index contributed by atoms with van der Waals surface area (Å²) in [5.41, 5.74) is 4.78. The molecular weight excluding hydrogens is 532 g/mol. The monoisotopic (exact) mass is 562 g/mol. The Kier molecular flexibility index (Phi) is 9.35. The molecule has 0 atom stereocenters. The molecule has 13 heteroatoms. The Morgan fingerprint density at radius 2 is 1.15 bits per heavy atom. The van der Waals surface area contributed by atoms with Crippen molar-refractivity contribution in [1.82, 2.24) is 20.8 Å². The van der Waals surface area contributed by atoms with Crippen LogP contribution in [0.3, 0.4) is 0 Å². The molecule has 6 N–H and O–H groups in total. The molecule has 2 amide bonds. The molecule has 1 saturated heterocycles. The quantitative estimate of drug-likeness (QED) is 0.135. The van der Waals surface area contributed by atoms with E-state index < -0.39 is 6.09 Å². The van der Waals surface area contributed by atoms with E-state index >= 15 is 0 Å². The summed E-state index contributed by atoms with van der Waals surface area (Å²) in [6.45, 7) is 3.37. The topological polar surface area (TPSA) is 181 Å². The van der Waals surface area contributed by atoms with Crippen LogP contribution in [0.2, 0.25) is 0 Å². The van der Waals surface area contributed by atoms with Crippen molar-refractivity contribution in [3.63, 3.8) is 0 Å². The van der Waals surface area contributed by atoms with Gasteiger partial charge in [0.15, 0.2) is 0 Å². The van der Waals surface area contributed by atoms with E-state index in [4.69, 9.17) is 35.4 Å². The van der Waals surface area contributed by atoms with Gasteiger partial charge in [-0.25, -0.2) is 4.79 Å². The minimum atomic E-state index is -0.405. The predicted molar refractivity (Wildman–Crippen MR) is 147 cm³/mol. The van der Waals surface area contributed by atoms with Crippen LogP contribution >= 0.6 is 0 Å². The summed E-state index contributed by atoms with van der Waals surface area (Å²) in [6.07, 6.45) is -0.405. The summed E-state index contributed by atoms with van der Waals surface area (Å²) in [4.78, 5) is 28.7. The van der Waals surface area contributed by atoms with Gasteiger partial charge in [-0.15, -0.1) is 0 Å². The number of hydroxylamine groups is 2. The maximum absolute atomic E-state index is 13.5. The van der Waals surface area contributed by atoms with E-state index in [9.17, 15) is 9.59 Å². The largest absolute Gasteiger partial charge is 0.457 e. The van der Waals surface area contributed by atoms with Gasteiger partial charge >= 0.3 is 6.09 Å². The van der Waals surface area contributed by atoms with Crippen LogP contribution in [0.1, 0.15) is 28.4 Å². The van der Waals surface area contributed by atoms with E-state index in [-0.39, 0.29) is 24.2 Å². The first-order valence-corrected chi connectivity index (χ1v) is 12.7. The zero-order chi connectivity index (χ0) is 29.4. The van der Waals surface area contributed by atoms with Crippen LogP contribution in [0.25, 0.3) is 0 Å². The number of nitrogens with zero attached hydrogens (tertiary/aromatic N) is 2. The highest BCUT2D eigenvalue weighted by molar-refractivity contribution is 5.96. The van der Waals surface area contributed by atoms with E-state index in [1.54, 1.807) is 94.4 Å². The molecule has 3 aromatic rings. The van der Waals surface area contributed by atoms with Crippen molar-refractivity contribution in [3.8, 4) is 23.0 Å². The number of carbonyl (C=O) groups is 2. The zero-order valence-electron chi connectivity index (χ0n) is 22.2. The highest BCUT2D eigenvalue weighted by Gasteiger charge is 2.26. The third-order valence-electron chi connectivity index (χ3n) is 6.20. The lowest BCUT2D eigenvalue weighted by molar-refractivity contribution is 0.0570. The van der Waals surface area contributed by atoms with Crippen molar-refractivity contribution in [1.29, 1.82) is 10.8 Å². The van der Waals surface area contributed by atoms with E-state index in [0.29, 0.717) is 65.9 Å². The zero-order valence-corrected chi connectivity index (χ0v) is 22.2. The molecule has 3 aromatic carbocycles. The number of benzene rings is 3. The van der Waals surface area contributed by atoms with Gasteiger partial charge in [0.1, 0.15) is 34.7 Å². The number of hydrogen-bond donors (Lipinski definition) is 6. The predicted octanol–water partition coefficient (Wildman–Crippen LogP) is 3.79. The number of nitrogens with one attached hydrogen (secondary N) is 4. The van der Waals surface area contributed by atoms with Crippen LogP contribution in [0.5, 0.6) is 23.0 Å². The lowest BCUT2D eigenvalue weighted by atomic mass is 10.1. The Bertz CT molecular complexity index is 1320. The highest BCUT2D eigenvalue weighted by atomic mass is 16.6. The molecule has 214 valence electrons. The molecule has 0 aromatic heterocycles. The normalized spacial score (nSPS) is 12.8. The average molecular weight is 563 g/mol. The molecule has 0 spiro atoms. The number of ether oxygens (including phenoxy) is 3. The molecule has 13 nitrogen and oxygen atoms in total. The van der Waals surface area contributed by atoms with Gasteiger partial charge in [-0.1, -0.05) is 0 Å². The number of rotatable bonds is 8. The summed E-state index contributed by atoms with van der Waals surface area (Å²) >= 11 is 0. The fraction of sp³-hybridized carbons (Fsp3) is 0.214. The van der Waals surface area contributed by atoms with Crippen LogP contribution < -0.4 is 20.4 Å². The fourth-order valence-electron chi connectivity index (χ4n) is 4.08. The number of hydrogen-bond acceptors (Lipinski definition) is 9. The van der Waals surface area contributed by atoms with E-state index in [1.165, 1.54) is 0 Å². The van der Waals surface area contributed by atoms with Crippen molar-refractivity contribution >= 4 is 23.7 Å². The Morgan fingerprint density at radius 3 is 1.56 bits per heavy atom. The third-order valence-corrected chi connectivity index (χ3v) is 6.20. The van der Waals surface area contributed by atoms with Crippen molar-refractivity contribution in [2.24, 2.45) is 0 Å². The number of carbonyl (C=O) groups excluding carboxylic acids is 2. The molecule has 0 saturated carbocycles. The maximum Gasteiger partial charge on any atom is 0.409 e. The average Bonchev–Trinajstić information content (AvgIpc) is 3.00. The maximum atomic E-state index is 13.5. The van der Waals surface area contributed by atoms with Crippen LogP contribution in [0, 0.1) is 10.8 Å². The number of piperazine rings is 1. The Morgan fingerprint density at radius 1 is 0.707 bits per heavy atom. The summed E-state index contributed by atoms with van der Waals surface area (Å²) in [6, 6.07) is 17.7. The first-order valence-electron chi connectivity index (χ1n) is 12.7. The van der Waals surface area contributed by atoms with Crippen molar-refractivity contribution in [2.45, 2.75) is 6.92 Å². The molecule has 1 fully saturated rings. The van der Waals surface area contributed by atoms with Gasteiger partial charge in [0.05, 0.1) is 6.61 Å². The fourth-order valence-corrected chi connectivity index (χ4v) is 4.08. The SMILES string of the molecule is CCOC(=O)N1CCN(C(=O)c2cc(Oc3ccc(C(=N)NO)cc3)cc(Oc3ccc(C(=N)NO)cc3)c2)CC1. The summed E-state index contributed by atoms with van der Waals surface area (Å²) in [5, 5.41) is 33.2. The smallest absolute Gasteiger partial charge is 0.409 e.